The molecule has 3 rings (SSSR count). The zero-order valence-electron chi connectivity index (χ0n) is 12.4. The van der Waals surface area contributed by atoms with Crippen LogP contribution in [0.1, 0.15) is 37.7 Å². The zero-order chi connectivity index (χ0) is 14.9. The lowest BCUT2D eigenvalue weighted by Crippen LogP contribution is -2.41. The van der Waals surface area contributed by atoms with E-state index in [-0.39, 0.29) is 0 Å². The molecule has 1 aliphatic carbocycles. The Bertz CT molecular complexity index is 620. The van der Waals surface area contributed by atoms with Crippen molar-refractivity contribution in [2.24, 2.45) is 5.73 Å². The number of rotatable bonds is 5. The van der Waals surface area contributed by atoms with Crippen molar-refractivity contribution in [3.05, 3.63) is 29.8 Å². The van der Waals surface area contributed by atoms with Gasteiger partial charge in [-0.25, -0.2) is 0 Å². The second-order valence-corrected chi connectivity index (χ2v) is 5.84. The predicted molar refractivity (Wildman–Crippen MR) is 77.4 cm³/mol. The Morgan fingerprint density at radius 3 is 2.95 bits per heavy atom. The van der Waals surface area contributed by atoms with Gasteiger partial charge in [-0.15, -0.1) is 0 Å². The molecule has 0 aliphatic heterocycles. The first-order valence-corrected chi connectivity index (χ1v) is 7.23. The van der Waals surface area contributed by atoms with E-state index in [4.69, 9.17) is 15.0 Å². The number of nitrogens with two attached hydrogens (primary N) is 1. The molecule has 0 spiro atoms. The van der Waals surface area contributed by atoms with Crippen molar-refractivity contribution in [2.75, 3.05) is 6.61 Å². The summed E-state index contributed by atoms with van der Waals surface area (Å²) in [4.78, 5) is 8.63. The van der Waals surface area contributed by atoms with Crippen LogP contribution in [0.2, 0.25) is 0 Å². The Kier molecular flexibility index (Phi) is 3.73. The molecule has 112 valence electrons. The largest absolute Gasteiger partial charge is 0.376 e. The number of hydrogen-bond donors (Lipinski definition) is 1. The van der Waals surface area contributed by atoms with Crippen molar-refractivity contribution in [3.8, 4) is 11.5 Å². The van der Waals surface area contributed by atoms with Crippen LogP contribution >= 0.6 is 0 Å². The summed E-state index contributed by atoms with van der Waals surface area (Å²) in [6.45, 7) is 4.15. The first-order chi connectivity index (χ1) is 10.1. The molecule has 1 saturated carbocycles. The van der Waals surface area contributed by atoms with Crippen LogP contribution in [0, 0.1) is 6.92 Å². The van der Waals surface area contributed by atoms with Crippen LogP contribution in [-0.2, 0) is 10.3 Å². The molecule has 21 heavy (non-hydrogen) atoms. The van der Waals surface area contributed by atoms with Crippen LogP contribution in [0.25, 0.3) is 11.5 Å². The highest BCUT2D eigenvalue weighted by Crippen LogP contribution is 2.26. The van der Waals surface area contributed by atoms with Crippen molar-refractivity contribution in [1.82, 2.24) is 15.1 Å². The van der Waals surface area contributed by atoms with Gasteiger partial charge in [0.05, 0.1) is 18.3 Å². The number of ether oxygens (including phenoxy) is 1. The van der Waals surface area contributed by atoms with E-state index in [0.29, 0.717) is 24.4 Å². The Labute approximate surface area is 123 Å². The van der Waals surface area contributed by atoms with Gasteiger partial charge in [0.25, 0.3) is 5.89 Å². The SMILES string of the molecule is Cc1ncccc1-c1nc(C(C)(N)COC2CCC2)no1. The summed E-state index contributed by atoms with van der Waals surface area (Å²) in [6, 6.07) is 3.74. The number of aryl methyl sites for hydroxylation is 1. The fourth-order valence-corrected chi connectivity index (χ4v) is 2.17. The van der Waals surface area contributed by atoms with E-state index in [1.807, 2.05) is 26.0 Å². The van der Waals surface area contributed by atoms with Crippen LogP contribution in [0.4, 0.5) is 0 Å². The lowest BCUT2D eigenvalue weighted by atomic mass is 9.95. The normalized spacial score (nSPS) is 18.2. The molecule has 2 aromatic rings. The first-order valence-electron chi connectivity index (χ1n) is 7.23. The summed E-state index contributed by atoms with van der Waals surface area (Å²) in [5, 5.41) is 4.01. The molecule has 6 heteroatoms. The van der Waals surface area contributed by atoms with Crippen LogP contribution in [0.15, 0.2) is 22.9 Å². The quantitative estimate of drug-likeness (QED) is 0.907. The van der Waals surface area contributed by atoms with Gasteiger partial charge in [0.2, 0.25) is 0 Å². The molecule has 0 radical (unpaired) electrons. The van der Waals surface area contributed by atoms with E-state index in [1.165, 1.54) is 6.42 Å². The van der Waals surface area contributed by atoms with Crippen LogP contribution in [0.5, 0.6) is 0 Å². The molecular weight excluding hydrogens is 268 g/mol. The third-order valence-corrected chi connectivity index (χ3v) is 3.85. The third kappa shape index (κ3) is 2.96. The van der Waals surface area contributed by atoms with Gasteiger partial charge < -0.3 is 15.0 Å². The average molecular weight is 288 g/mol. The summed E-state index contributed by atoms with van der Waals surface area (Å²) in [6.07, 6.45) is 5.53. The lowest BCUT2D eigenvalue weighted by molar-refractivity contribution is -0.0222. The van der Waals surface area contributed by atoms with E-state index in [9.17, 15) is 0 Å². The highest BCUT2D eigenvalue weighted by Gasteiger charge is 2.31. The molecule has 2 heterocycles. The van der Waals surface area contributed by atoms with Crippen molar-refractivity contribution in [3.63, 3.8) is 0 Å². The molecule has 0 amide bonds. The standard InChI is InChI=1S/C15H20N4O2/c1-10-12(7-4-8-17-10)13-18-14(19-21-13)15(2,16)9-20-11-5-3-6-11/h4,7-8,11H,3,5-6,9,16H2,1-2H3. The molecule has 0 aromatic carbocycles. The van der Waals surface area contributed by atoms with Gasteiger partial charge >= 0.3 is 0 Å². The zero-order valence-corrected chi connectivity index (χ0v) is 12.4. The highest BCUT2D eigenvalue weighted by molar-refractivity contribution is 5.55. The van der Waals surface area contributed by atoms with Gasteiger partial charge in [0, 0.05) is 11.9 Å². The fourth-order valence-electron chi connectivity index (χ4n) is 2.17. The maximum atomic E-state index is 6.27. The molecule has 1 atom stereocenters. The summed E-state index contributed by atoms with van der Waals surface area (Å²) >= 11 is 0. The van der Waals surface area contributed by atoms with Gasteiger partial charge in [-0.2, -0.15) is 4.98 Å². The molecule has 2 aromatic heterocycles. The van der Waals surface area contributed by atoms with Gasteiger partial charge in [-0.1, -0.05) is 5.16 Å². The number of nitrogens with zero attached hydrogens (tertiary/aromatic N) is 3. The predicted octanol–water partition coefficient (Wildman–Crippen LogP) is 2.18. The Morgan fingerprint density at radius 2 is 2.29 bits per heavy atom. The van der Waals surface area contributed by atoms with Crippen LogP contribution < -0.4 is 5.73 Å². The van der Waals surface area contributed by atoms with Crippen molar-refractivity contribution < 1.29 is 9.26 Å². The molecule has 1 fully saturated rings. The van der Waals surface area contributed by atoms with Crippen molar-refractivity contribution in [1.29, 1.82) is 0 Å². The Hall–Kier alpha value is -1.79. The fraction of sp³-hybridized carbons (Fsp3) is 0.533. The van der Waals surface area contributed by atoms with Crippen LogP contribution in [0.3, 0.4) is 0 Å². The topological polar surface area (TPSA) is 87.1 Å². The number of aromatic nitrogens is 3. The van der Waals surface area contributed by atoms with Gasteiger partial charge in [0.15, 0.2) is 5.82 Å². The summed E-state index contributed by atoms with van der Waals surface area (Å²) in [5.74, 6) is 0.899. The van der Waals surface area contributed by atoms with Gasteiger partial charge in [0.1, 0.15) is 5.54 Å². The second-order valence-electron chi connectivity index (χ2n) is 5.84. The minimum atomic E-state index is -0.756. The smallest absolute Gasteiger partial charge is 0.259 e. The minimum absolute atomic E-state index is 0.333. The molecule has 6 nitrogen and oxygen atoms in total. The average Bonchev–Trinajstić information content (AvgIpc) is 2.87. The molecule has 1 aliphatic rings. The molecule has 0 saturated heterocycles. The maximum Gasteiger partial charge on any atom is 0.259 e. The Balaban J connectivity index is 1.75. The summed E-state index contributed by atoms with van der Waals surface area (Å²) in [7, 11) is 0. The highest BCUT2D eigenvalue weighted by atomic mass is 16.5. The number of hydrogen-bond acceptors (Lipinski definition) is 6. The third-order valence-electron chi connectivity index (χ3n) is 3.85. The van der Waals surface area contributed by atoms with Gasteiger partial charge in [-0.05, 0) is 45.2 Å². The molecule has 1 unspecified atom stereocenters. The van der Waals surface area contributed by atoms with E-state index < -0.39 is 5.54 Å². The van der Waals surface area contributed by atoms with Crippen molar-refractivity contribution in [2.45, 2.75) is 44.8 Å². The number of pyridine rings is 1. The maximum absolute atomic E-state index is 6.27. The molecule has 2 N–H and O–H groups in total. The van der Waals surface area contributed by atoms with Crippen LogP contribution in [-0.4, -0.2) is 27.8 Å². The van der Waals surface area contributed by atoms with E-state index in [1.54, 1.807) is 6.20 Å². The van der Waals surface area contributed by atoms with E-state index in [0.717, 1.165) is 24.1 Å². The summed E-state index contributed by atoms with van der Waals surface area (Å²) < 4.78 is 11.1. The van der Waals surface area contributed by atoms with Crippen molar-refractivity contribution >= 4 is 0 Å². The molecular formula is C15H20N4O2. The minimum Gasteiger partial charge on any atom is -0.376 e. The lowest BCUT2D eigenvalue weighted by Gasteiger charge is -2.29. The van der Waals surface area contributed by atoms with E-state index in [2.05, 4.69) is 15.1 Å². The Morgan fingerprint density at radius 1 is 1.48 bits per heavy atom. The monoisotopic (exact) mass is 288 g/mol. The first kappa shape index (κ1) is 14.2. The molecule has 0 bridgehead atoms. The second kappa shape index (κ2) is 5.54. The van der Waals surface area contributed by atoms with E-state index >= 15 is 0 Å². The van der Waals surface area contributed by atoms with Gasteiger partial charge in [-0.3, -0.25) is 4.98 Å². The summed E-state index contributed by atoms with van der Waals surface area (Å²) in [5.41, 5.74) is 7.18.